The number of amides is 1. The van der Waals surface area contributed by atoms with E-state index < -0.39 is 11.9 Å². The van der Waals surface area contributed by atoms with Gasteiger partial charge in [0.15, 0.2) is 11.6 Å². The minimum atomic E-state index is -0.813. The molecule has 0 bridgehead atoms. The molecule has 1 heterocycles. The molecule has 122 valence electrons. The van der Waals surface area contributed by atoms with Gasteiger partial charge < -0.3 is 15.8 Å². The number of carbonyl (C=O) groups is 1. The summed E-state index contributed by atoms with van der Waals surface area (Å²) in [5.74, 6) is -1.07. The second-order valence-electron chi connectivity index (χ2n) is 4.58. The molecule has 0 aliphatic carbocycles. The van der Waals surface area contributed by atoms with Gasteiger partial charge in [-0.15, -0.1) is 0 Å². The number of rotatable bonds is 5. The Balaban J connectivity index is 2.06. The molecule has 0 unspecified atom stereocenters. The molecule has 8 heteroatoms. The number of nitrogens with zero attached hydrogens (tertiary/aromatic N) is 1. The minimum Gasteiger partial charge on any atom is -0.450 e. The Morgan fingerprint density at radius 2 is 2.00 bits per heavy atom. The van der Waals surface area contributed by atoms with Gasteiger partial charge in [0, 0.05) is 12.6 Å². The normalized spacial score (nSPS) is 10.2. The van der Waals surface area contributed by atoms with Gasteiger partial charge >= 0.3 is 6.09 Å². The first kappa shape index (κ1) is 16.5. The number of hydrogen-bond donors (Lipinski definition) is 3. The summed E-state index contributed by atoms with van der Waals surface area (Å²) in [6.07, 6.45) is -0.813. The summed E-state index contributed by atoms with van der Waals surface area (Å²) in [5, 5.41) is 5.06. The van der Waals surface area contributed by atoms with Crippen LogP contribution in [0.3, 0.4) is 0 Å². The van der Waals surface area contributed by atoms with Crippen molar-refractivity contribution in [1.29, 1.82) is 0 Å². The van der Waals surface area contributed by atoms with Crippen molar-refractivity contribution in [3.63, 3.8) is 0 Å². The van der Waals surface area contributed by atoms with Gasteiger partial charge in [-0.05, 0) is 24.6 Å². The quantitative estimate of drug-likeness (QED) is 0.787. The highest BCUT2D eigenvalue weighted by atomic mass is 19.1. The summed E-state index contributed by atoms with van der Waals surface area (Å²) >= 11 is 0. The van der Waals surface area contributed by atoms with E-state index in [9.17, 15) is 13.6 Å². The van der Waals surface area contributed by atoms with E-state index in [0.29, 0.717) is 6.54 Å². The van der Waals surface area contributed by atoms with E-state index in [1.807, 2.05) is 0 Å². The lowest BCUT2D eigenvalue weighted by Crippen LogP contribution is -2.16. The van der Waals surface area contributed by atoms with E-state index in [-0.39, 0.29) is 29.7 Å². The molecule has 0 fully saturated rings. The van der Waals surface area contributed by atoms with Crippen molar-refractivity contribution in [1.82, 2.24) is 4.98 Å². The maximum Gasteiger partial charge on any atom is 0.411 e. The van der Waals surface area contributed by atoms with Crippen LogP contribution in [0.4, 0.5) is 30.9 Å². The Kier molecular flexibility index (Phi) is 5.29. The number of nitrogens with one attached hydrogen (secondary N) is 2. The second kappa shape index (κ2) is 7.39. The first-order valence-corrected chi connectivity index (χ1v) is 6.87. The average Bonchev–Trinajstić information content (AvgIpc) is 2.51. The van der Waals surface area contributed by atoms with Crippen molar-refractivity contribution >= 4 is 23.4 Å². The van der Waals surface area contributed by atoms with E-state index in [4.69, 9.17) is 5.73 Å². The van der Waals surface area contributed by atoms with Gasteiger partial charge in [0.25, 0.3) is 0 Å². The molecule has 0 aliphatic heterocycles. The number of pyridine rings is 1. The SMILES string of the molecule is CCOC(=O)Nc1c([18F])cc(NCc2ccc(F)cc2)nc1N. The molecule has 0 saturated heterocycles. The topological polar surface area (TPSA) is 89.3 Å². The number of halogens is 2. The number of carbonyl (C=O) groups excluding carboxylic acids is 1. The Morgan fingerprint density at radius 1 is 1.30 bits per heavy atom. The zero-order valence-electron chi connectivity index (χ0n) is 12.4. The van der Waals surface area contributed by atoms with Crippen molar-refractivity contribution < 1.29 is 18.3 Å². The molecule has 23 heavy (non-hydrogen) atoms. The predicted molar refractivity (Wildman–Crippen MR) is 83.0 cm³/mol. The van der Waals surface area contributed by atoms with Gasteiger partial charge in [-0.25, -0.2) is 18.6 Å². The standard InChI is InChI=1S/C15H16F2N4O2/c1-2-23-15(22)21-13-11(17)7-12(20-14(13)18)19-8-9-3-5-10(16)6-4-9/h3-7H,2,8H2,1H3,(H,21,22)(H3,18,19,20)/i17-1. The lowest BCUT2D eigenvalue weighted by Gasteiger charge is -2.11. The predicted octanol–water partition coefficient (Wildman–Crippen LogP) is 3.12. The van der Waals surface area contributed by atoms with Crippen LogP contribution >= 0.6 is 0 Å². The summed E-state index contributed by atoms with van der Waals surface area (Å²) in [7, 11) is 0. The summed E-state index contributed by atoms with van der Waals surface area (Å²) in [6, 6.07) is 6.94. The van der Waals surface area contributed by atoms with Crippen molar-refractivity contribution in [3.8, 4) is 0 Å². The number of nitrogens with two attached hydrogens (primary N) is 1. The Labute approximate surface area is 131 Å². The Morgan fingerprint density at radius 3 is 2.61 bits per heavy atom. The number of hydrogen-bond acceptors (Lipinski definition) is 5. The zero-order chi connectivity index (χ0) is 16.8. The van der Waals surface area contributed by atoms with Crippen molar-refractivity contribution in [3.05, 3.63) is 47.5 Å². The zero-order valence-corrected chi connectivity index (χ0v) is 12.4. The first-order chi connectivity index (χ1) is 11.0. The molecular formula is C15H16F2N4O2. The third-order valence-electron chi connectivity index (χ3n) is 2.89. The van der Waals surface area contributed by atoms with E-state index >= 15 is 0 Å². The third-order valence-corrected chi connectivity index (χ3v) is 2.89. The van der Waals surface area contributed by atoms with Crippen LogP contribution in [-0.4, -0.2) is 17.7 Å². The highest BCUT2D eigenvalue weighted by Crippen LogP contribution is 2.24. The molecule has 0 aliphatic rings. The van der Waals surface area contributed by atoms with Crippen LogP contribution in [0.2, 0.25) is 0 Å². The second-order valence-corrected chi connectivity index (χ2v) is 4.58. The fraction of sp³-hybridized carbons (Fsp3) is 0.200. The van der Waals surface area contributed by atoms with Crippen LogP contribution in [0.1, 0.15) is 12.5 Å². The molecule has 2 aromatic rings. The van der Waals surface area contributed by atoms with E-state index in [0.717, 1.165) is 11.6 Å². The Bertz CT molecular complexity index is 669. The number of aromatic nitrogens is 1. The average molecular weight is 321 g/mol. The van der Waals surface area contributed by atoms with Crippen molar-refractivity contribution in [2.75, 3.05) is 23.0 Å². The monoisotopic (exact) mass is 321 g/mol. The lowest BCUT2D eigenvalue weighted by atomic mass is 10.2. The molecule has 6 nitrogen and oxygen atoms in total. The Hall–Kier alpha value is -2.90. The van der Waals surface area contributed by atoms with Crippen LogP contribution in [0.25, 0.3) is 0 Å². The fourth-order valence-electron chi connectivity index (χ4n) is 1.81. The molecule has 0 spiro atoms. The fourth-order valence-corrected chi connectivity index (χ4v) is 1.81. The molecule has 0 saturated carbocycles. The number of ether oxygens (including phenoxy) is 1. The summed E-state index contributed by atoms with van der Waals surface area (Å²) in [4.78, 5) is 15.3. The van der Waals surface area contributed by atoms with Gasteiger partial charge in [0.2, 0.25) is 0 Å². The van der Waals surface area contributed by atoms with Gasteiger partial charge in [-0.1, -0.05) is 12.1 Å². The molecule has 1 aromatic heterocycles. The highest BCUT2D eigenvalue weighted by Gasteiger charge is 2.14. The number of anilines is 3. The van der Waals surface area contributed by atoms with Crippen LogP contribution in [0.15, 0.2) is 30.3 Å². The third kappa shape index (κ3) is 4.53. The summed E-state index contributed by atoms with van der Waals surface area (Å²) < 4.78 is 31.5. The minimum absolute atomic E-state index is 0.151. The van der Waals surface area contributed by atoms with E-state index in [1.54, 1.807) is 19.1 Å². The summed E-state index contributed by atoms with van der Waals surface area (Å²) in [6.45, 7) is 2.09. The molecule has 0 radical (unpaired) electrons. The van der Waals surface area contributed by atoms with Gasteiger partial charge in [-0.3, -0.25) is 5.32 Å². The molecule has 2 rings (SSSR count). The van der Waals surface area contributed by atoms with Crippen LogP contribution < -0.4 is 16.4 Å². The molecule has 1 amide bonds. The molecular weight excluding hydrogens is 305 g/mol. The van der Waals surface area contributed by atoms with Crippen molar-refractivity contribution in [2.45, 2.75) is 13.5 Å². The van der Waals surface area contributed by atoms with Gasteiger partial charge in [0.1, 0.15) is 17.3 Å². The largest absolute Gasteiger partial charge is 0.450 e. The number of nitrogen functional groups attached to an aromatic ring is 1. The highest BCUT2D eigenvalue weighted by molar-refractivity contribution is 5.88. The maximum atomic E-state index is 14.0. The van der Waals surface area contributed by atoms with E-state index in [2.05, 4.69) is 20.4 Å². The van der Waals surface area contributed by atoms with Crippen LogP contribution in [0, 0.1) is 11.6 Å². The van der Waals surface area contributed by atoms with Crippen molar-refractivity contribution in [2.24, 2.45) is 0 Å². The smallest absolute Gasteiger partial charge is 0.411 e. The van der Waals surface area contributed by atoms with Gasteiger partial charge in [-0.2, -0.15) is 0 Å². The summed E-state index contributed by atoms with van der Waals surface area (Å²) in [5.41, 5.74) is 6.20. The van der Waals surface area contributed by atoms with Gasteiger partial charge in [0.05, 0.1) is 6.61 Å². The van der Waals surface area contributed by atoms with Crippen LogP contribution in [0.5, 0.6) is 0 Å². The number of benzene rings is 1. The van der Waals surface area contributed by atoms with E-state index in [1.165, 1.54) is 12.1 Å². The lowest BCUT2D eigenvalue weighted by molar-refractivity contribution is 0.168. The molecule has 4 N–H and O–H groups in total. The van der Waals surface area contributed by atoms with Crippen LogP contribution in [-0.2, 0) is 11.3 Å². The molecule has 0 atom stereocenters. The first-order valence-electron chi connectivity index (χ1n) is 6.87. The molecule has 1 aromatic carbocycles. The maximum absolute atomic E-state index is 14.0.